The van der Waals surface area contributed by atoms with Crippen molar-refractivity contribution in [2.75, 3.05) is 5.32 Å². The SMILES string of the molecule is N#Cc1ccccc1NC(=O)Cc1ccsc1. The van der Waals surface area contributed by atoms with Crippen LogP contribution in [0.1, 0.15) is 11.1 Å². The molecule has 0 bridgehead atoms. The van der Waals surface area contributed by atoms with Crippen molar-refractivity contribution in [3.05, 3.63) is 52.2 Å². The Bertz CT molecular complexity index is 555. The summed E-state index contributed by atoms with van der Waals surface area (Å²) >= 11 is 1.56. The summed E-state index contributed by atoms with van der Waals surface area (Å²) in [7, 11) is 0. The molecule has 0 unspecified atom stereocenters. The Hall–Kier alpha value is -2.12. The number of hydrogen-bond acceptors (Lipinski definition) is 3. The van der Waals surface area contributed by atoms with E-state index in [1.165, 1.54) is 0 Å². The van der Waals surface area contributed by atoms with E-state index in [0.717, 1.165) is 5.56 Å². The Morgan fingerprint density at radius 1 is 1.35 bits per heavy atom. The van der Waals surface area contributed by atoms with Crippen molar-refractivity contribution in [2.24, 2.45) is 0 Å². The van der Waals surface area contributed by atoms with E-state index >= 15 is 0 Å². The molecule has 1 heterocycles. The van der Waals surface area contributed by atoms with Gasteiger partial charge in [-0.05, 0) is 34.5 Å². The molecule has 1 amide bonds. The van der Waals surface area contributed by atoms with Crippen molar-refractivity contribution in [2.45, 2.75) is 6.42 Å². The van der Waals surface area contributed by atoms with Crippen LogP contribution in [-0.2, 0) is 11.2 Å². The molecular weight excluding hydrogens is 232 g/mol. The summed E-state index contributed by atoms with van der Waals surface area (Å²) in [5.41, 5.74) is 2.03. The number of anilines is 1. The molecule has 0 fully saturated rings. The summed E-state index contributed by atoms with van der Waals surface area (Å²) in [6.07, 6.45) is 0.337. The van der Waals surface area contributed by atoms with E-state index in [1.807, 2.05) is 22.9 Å². The fraction of sp³-hybridized carbons (Fsp3) is 0.0769. The predicted molar refractivity (Wildman–Crippen MR) is 67.8 cm³/mol. The van der Waals surface area contributed by atoms with Crippen molar-refractivity contribution in [3.63, 3.8) is 0 Å². The van der Waals surface area contributed by atoms with Gasteiger partial charge in [-0.2, -0.15) is 16.6 Å². The Morgan fingerprint density at radius 3 is 2.88 bits per heavy atom. The summed E-state index contributed by atoms with van der Waals surface area (Å²) in [6, 6.07) is 10.9. The first-order valence-corrected chi connectivity index (χ1v) is 6.04. The largest absolute Gasteiger partial charge is 0.325 e. The van der Waals surface area contributed by atoms with Crippen LogP contribution in [-0.4, -0.2) is 5.91 Å². The van der Waals surface area contributed by atoms with Crippen molar-refractivity contribution in [1.29, 1.82) is 5.26 Å². The average Bonchev–Trinajstić information content (AvgIpc) is 2.82. The highest BCUT2D eigenvalue weighted by Crippen LogP contribution is 2.14. The number of benzene rings is 1. The van der Waals surface area contributed by atoms with Gasteiger partial charge in [0.2, 0.25) is 5.91 Å². The maximum atomic E-state index is 11.7. The van der Waals surface area contributed by atoms with Crippen LogP contribution in [0, 0.1) is 11.3 Å². The van der Waals surface area contributed by atoms with E-state index in [-0.39, 0.29) is 5.91 Å². The van der Waals surface area contributed by atoms with Crippen LogP contribution >= 0.6 is 11.3 Å². The molecule has 2 aromatic rings. The Morgan fingerprint density at radius 2 is 2.18 bits per heavy atom. The highest BCUT2D eigenvalue weighted by atomic mass is 32.1. The van der Waals surface area contributed by atoms with Gasteiger partial charge in [-0.3, -0.25) is 4.79 Å². The minimum atomic E-state index is -0.105. The first-order chi connectivity index (χ1) is 8.29. The molecule has 0 saturated heterocycles. The summed E-state index contributed by atoms with van der Waals surface area (Å²) < 4.78 is 0. The van der Waals surface area contributed by atoms with E-state index in [9.17, 15) is 4.79 Å². The zero-order valence-electron chi connectivity index (χ0n) is 9.01. The van der Waals surface area contributed by atoms with Crippen LogP contribution < -0.4 is 5.32 Å². The van der Waals surface area contributed by atoms with Crippen LogP contribution in [0.15, 0.2) is 41.1 Å². The number of nitriles is 1. The van der Waals surface area contributed by atoms with E-state index in [2.05, 4.69) is 5.32 Å². The zero-order chi connectivity index (χ0) is 12.1. The molecule has 1 aromatic heterocycles. The lowest BCUT2D eigenvalue weighted by atomic mass is 10.2. The molecule has 0 aliphatic carbocycles. The van der Waals surface area contributed by atoms with Gasteiger partial charge in [0.05, 0.1) is 17.7 Å². The quantitative estimate of drug-likeness (QED) is 0.899. The average molecular weight is 242 g/mol. The monoisotopic (exact) mass is 242 g/mol. The second-order valence-corrected chi connectivity index (χ2v) is 4.29. The third kappa shape index (κ3) is 2.92. The number of hydrogen-bond donors (Lipinski definition) is 1. The maximum Gasteiger partial charge on any atom is 0.228 e. The minimum absolute atomic E-state index is 0.105. The van der Waals surface area contributed by atoms with Crippen LogP contribution in [0.5, 0.6) is 0 Å². The number of nitrogens with zero attached hydrogens (tertiary/aromatic N) is 1. The van der Waals surface area contributed by atoms with Gasteiger partial charge in [0.1, 0.15) is 6.07 Å². The smallest absolute Gasteiger partial charge is 0.228 e. The lowest BCUT2D eigenvalue weighted by Gasteiger charge is -2.05. The highest BCUT2D eigenvalue weighted by Gasteiger charge is 2.07. The normalized spacial score (nSPS) is 9.59. The molecule has 0 spiro atoms. The van der Waals surface area contributed by atoms with Gasteiger partial charge in [-0.15, -0.1) is 0 Å². The summed E-state index contributed by atoms with van der Waals surface area (Å²) in [5, 5.41) is 15.5. The maximum absolute atomic E-state index is 11.7. The lowest BCUT2D eigenvalue weighted by molar-refractivity contribution is -0.115. The van der Waals surface area contributed by atoms with Crippen molar-refractivity contribution < 1.29 is 4.79 Å². The number of thiophene rings is 1. The fourth-order valence-electron chi connectivity index (χ4n) is 1.46. The molecule has 3 nitrogen and oxygen atoms in total. The van der Waals surface area contributed by atoms with Crippen LogP contribution in [0.2, 0.25) is 0 Å². The molecule has 0 radical (unpaired) electrons. The first-order valence-electron chi connectivity index (χ1n) is 5.09. The van der Waals surface area contributed by atoms with E-state index in [1.54, 1.807) is 35.6 Å². The molecule has 0 aliphatic rings. The van der Waals surface area contributed by atoms with Gasteiger partial charge in [0.15, 0.2) is 0 Å². The molecule has 0 aliphatic heterocycles. The molecule has 4 heteroatoms. The van der Waals surface area contributed by atoms with Crippen molar-refractivity contribution >= 4 is 22.9 Å². The Labute approximate surface area is 103 Å². The summed E-state index contributed by atoms with van der Waals surface area (Å²) in [5.74, 6) is -0.105. The summed E-state index contributed by atoms with van der Waals surface area (Å²) in [4.78, 5) is 11.7. The number of rotatable bonds is 3. The van der Waals surface area contributed by atoms with Gasteiger partial charge in [0, 0.05) is 0 Å². The zero-order valence-corrected chi connectivity index (χ0v) is 9.83. The molecule has 0 atom stereocenters. The topological polar surface area (TPSA) is 52.9 Å². The molecule has 84 valence electrons. The van der Waals surface area contributed by atoms with Gasteiger partial charge in [-0.1, -0.05) is 12.1 Å². The van der Waals surface area contributed by atoms with Gasteiger partial charge >= 0.3 is 0 Å². The molecule has 1 aromatic carbocycles. The predicted octanol–water partition coefficient (Wildman–Crippen LogP) is 2.80. The van der Waals surface area contributed by atoms with Crippen LogP contribution in [0.4, 0.5) is 5.69 Å². The van der Waals surface area contributed by atoms with Gasteiger partial charge in [-0.25, -0.2) is 0 Å². The number of carbonyl (C=O) groups excluding carboxylic acids is 1. The standard InChI is InChI=1S/C13H10N2OS/c14-8-11-3-1-2-4-12(11)15-13(16)7-10-5-6-17-9-10/h1-6,9H,7H2,(H,15,16). The van der Waals surface area contributed by atoms with Crippen LogP contribution in [0.3, 0.4) is 0 Å². The number of carbonyl (C=O) groups is 1. The fourth-order valence-corrected chi connectivity index (χ4v) is 2.13. The molecular formula is C13H10N2OS. The van der Waals surface area contributed by atoms with E-state index in [0.29, 0.717) is 17.7 Å². The van der Waals surface area contributed by atoms with Crippen LogP contribution in [0.25, 0.3) is 0 Å². The first kappa shape index (κ1) is 11.4. The van der Waals surface area contributed by atoms with Gasteiger partial charge in [0.25, 0.3) is 0 Å². The minimum Gasteiger partial charge on any atom is -0.325 e. The van der Waals surface area contributed by atoms with Crippen molar-refractivity contribution in [1.82, 2.24) is 0 Å². The second kappa shape index (κ2) is 5.28. The summed E-state index contributed by atoms with van der Waals surface area (Å²) in [6.45, 7) is 0. The second-order valence-electron chi connectivity index (χ2n) is 3.51. The lowest BCUT2D eigenvalue weighted by Crippen LogP contribution is -2.14. The Kier molecular flexibility index (Phi) is 3.53. The third-order valence-electron chi connectivity index (χ3n) is 2.27. The highest BCUT2D eigenvalue weighted by molar-refractivity contribution is 7.08. The Balaban J connectivity index is 2.06. The molecule has 2 rings (SSSR count). The molecule has 17 heavy (non-hydrogen) atoms. The third-order valence-corrected chi connectivity index (χ3v) is 3.00. The number of nitrogens with one attached hydrogen (secondary N) is 1. The number of para-hydroxylation sites is 1. The van der Waals surface area contributed by atoms with Gasteiger partial charge < -0.3 is 5.32 Å². The van der Waals surface area contributed by atoms with E-state index < -0.39 is 0 Å². The van der Waals surface area contributed by atoms with E-state index in [4.69, 9.17) is 5.26 Å². The molecule has 0 saturated carbocycles. The number of amides is 1. The molecule has 1 N–H and O–H groups in total. The van der Waals surface area contributed by atoms with Crippen molar-refractivity contribution in [3.8, 4) is 6.07 Å².